The zero-order valence-electron chi connectivity index (χ0n) is 16.8. The molecule has 4 aromatic rings. The Balaban J connectivity index is 1.70. The highest BCUT2D eigenvalue weighted by Gasteiger charge is 2.16. The Labute approximate surface area is 182 Å². The minimum absolute atomic E-state index is 0.373. The molecule has 0 aliphatic carbocycles. The van der Waals surface area contributed by atoms with E-state index in [9.17, 15) is 9.59 Å². The Morgan fingerprint density at radius 2 is 1.65 bits per heavy atom. The maximum Gasteiger partial charge on any atom is 0.279 e. The van der Waals surface area contributed by atoms with E-state index in [1.807, 2.05) is 30.3 Å². The van der Waals surface area contributed by atoms with E-state index in [1.54, 1.807) is 49.9 Å². The summed E-state index contributed by atoms with van der Waals surface area (Å²) >= 11 is 1.29. The van der Waals surface area contributed by atoms with E-state index < -0.39 is 5.91 Å². The molecule has 0 radical (unpaired) electrons. The van der Waals surface area contributed by atoms with Crippen LogP contribution in [0.1, 0.15) is 20.0 Å². The summed E-state index contributed by atoms with van der Waals surface area (Å²) in [6.45, 7) is 0. The highest BCUT2D eigenvalue weighted by molar-refractivity contribution is 7.12. The van der Waals surface area contributed by atoms with E-state index in [0.717, 1.165) is 5.56 Å². The molecule has 0 unspecified atom stereocenters. The molecule has 0 saturated heterocycles. The minimum Gasteiger partial charge on any atom is -0.493 e. The topological polar surface area (TPSA) is 89.6 Å². The van der Waals surface area contributed by atoms with Crippen molar-refractivity contribution in [3.8, 4) is 22.8 Å². The lowest BCUT2D eigenvalue weighted by Crippen LogP contribution is -2.41. The predicted octanol–water partition coefficient (Wildman–Crippen LogP) is 4.06. The molecule has 0 atom stereocenters. The molecule has 0 aliphatic rings. The van der Waals surface area contributed by atoms with Gasteiger partial charge in [0.05, 0.1) is 35.9 Å². The van der Waals surface area contributed by atoms with Crippen LogP contribution in [0.5, 0.6) is 11.5 Å². The number of pyridine rings is 1. The molecule has 31 heavy (non-hydrogen) atoms. The second-order valence-corrected chi connectivity index (χ2v) is 7.48. The number of thiophene rings is 1. The zero-order valence-corrected chi connectivity index (χ0v) is 17.7. The van der Waals surface area contributed by atoms with Crippen molar-refractivity contribution in [2.45, 2.75) is 0 Å². The maximum atomic E-state index is 12.9. The quantitative estimate of drug-likeness (QED) is 0.464. The van der Waals surface area contributed by atoms with Crippen LogP contribution in [0.3, 0.4) is 0 Å². The number of para-hydroxylation sites is 1. The van der Waals surface area contributed by atoms with E-state index in [4.69, 9.17) is 14.5 Å². The summed E-state index contributed by atoms with van der Waals surface area (Å²) in [7, 11) is 3.13. The van der Waals surface area contributed by atoms with E-state index >= 15 is 0 Å². The first kappa shape index (κ1) is 20.4. The molecule has 2 N–H and O–H groups in total. The number of hydrazine groups is 1. The highest BCUT2D eigenvalue weighted by atomic mass is 32.1. The van der Waals surface area contributed by atoms with Crippen molar-refractivity contribution in [1.29, 1.82) is 0 Å². The second kappa shape index (κ2) is 8.85. The molecule has 2 heterocycles. The summed E-state index contributed by atoms with van der Waals surface area (Å²) in [6, 6.07) is 17.9. The molecular formula is C23H19N3O4S. The second-order valence-electron chi connectivity index (χ2n) is 6.53. The largest absolute Gasteiger partial charge is 0.493 e. The normalized spacial score (nSPS) is 10.5. The van der Waals surface area contributed by atoms with Crippen LogP contribution in [-0.4, -0.2) is 31.0 Å². The van der Waals surface area contributed by atoms with Gasteiger partial charge in [-0.25, -0.2) is 4.98 Å². The number of amides is 2. The Kier molecular flexibility index (Phi) is 5.81. The van der Waals surface area contributed by atoms with Gasteiger partial charge in [0.25, 0.3) is 11.8 Å². The number of benzene rings is 2. The third-order valence-electron chi connectivity index (χ3n) is 4.67. The van der Waals surface area contributed by atoms with Gasteiger partial charge in [-0.3, -0.25) is 20.4 Å². The molecule has 8 heteroatoms. The number of rotatable bonds is 5. The van der Waals surface area contributed by atoms with Gasteiger partial charge in [0.15, 0.2) is 11.5 Å². The van der Waals surface area contributed by atoms with Crippen LogP contribution in [0.15, 0.2) is 66.0 Å². The number of aromatic nitrogens is 1. The summed E-state index contributed by atoms with van der Waals surface area (Å²) in [5.41, 5.74) is 7.35. The number of nitrogens with zero attached hydrogens (tertiary/aromatic N) is 1. The standard InChI is InChI=1S/C23H19N3O4S/c1-29-19-10-9-14(12-20(19)30-2)18-13-16(15-6-3-4-7-17(15)24-18)22(27)25-26-23(28)21-8-5-11-31-21/h3-13H,1-2H3,(H,25,27)(H,26,28). The van der Waals surface area contributed by atoms with Gasteiger partial charge < -0.3 is 9.47 Å². The summed E-state index contributed by atoms with van der Waals surface area (Å²) < 4.78 is 10.7. The average molecular weight is 433 g/mol. The van der Waals surface area contributed by atoms with Gasteiger partial charge in [0.2, 0.25) is 0 Å². The Morgan fingerprint density at radius 3 is 2.39 bits per heavy atom. The van der Waals surface area contributed by atoms with Crippen molar-refractivity contribution in [3.63, 3.8) is 0 Å². The van der Waals surface area contributed by atoms with Gasteiger partial charge in [-0.15, -0.1) is 11.3 Å². The number of methoxy groups -OCH3 is 2. The molecule has 156 valence electrons. The van der Waals surface area contributed by atoms with Crippen LogP contribution in [0, 0.1) is 0 Å². The van der Waals surface area contributed by atoms with E-state index in [1.165, 1.54) is 11.3 Å². The third-order valence-corrected chi connectivity index (χ3v) is 5.54. The number of hydrogen-bond donors (Lipinski definition) is 2. The van der Waals surface area contributed by atoms with Crippen LogP contribution in [-0.2, 0) is 0 Å². The van der Waals surface area contributed by atoms with E-state index in [2.05, 4.69) is 10.9 Å². The van der Waals surface area contributed by atoms with Crippen molar-refractivity contribution in [2.24, 2.45) is 0 Å². The molecule has 7 nitrogen and oxygen atoms in total. The summed E-state index contributed by atoms with van der Waals surface area (Å²) in [5.74, 6) is 0.345. The van der Waals surface area contributed by atoms with Crippen LogP contribution in [0.4, 0.5) is 0 Å². The molecule has 0 spiro atoms. The van der Waals surface area contributed by atoms with Crippen molar-refractivity contribution >= 4 is 34.1 Å². The smallest absolute Gasteiger partial charge is 0.279 e. The lowest BCUT2D eigenvalue weighted by atomic mass is 10.0. The fourth-order valence-electron chi connectivity index (χ4n) is 3.16. The number of carbonyl (C=O) groups excluding carboxylic acids is 2. The maximum absolute atomic E-state index is 12.9. The van der Waals surface area contributed by atoms with E-state index in [0.29, 0.717) is 38.5 Å². The Bertz CT molecular complexity index is 1260. The van der Waals surface area contributed by atoms with Gasteiger partial charge in [-0.05, 0) is 41.8 Å². The third kappa shape index (κ3) is 4.19. The molecule has 2 aromatic carbocycles. The lowest BCUT2D eigenvalue weighted by molar-refractivity contribution is 0.0850. The molecule has 2 aromatic heterocycles. The van der Waals surface area contributed by atoms with Crippen molar-refractivity contribution in [3.05, 3.63) is 76.5 Å². The monoisotopic (exact) mass is 433 g/mol. The summed E-state index contributed by atoms with van der Waals surface area (Å²) in [6.07, 6.45) is 0. The van der Waals surface area contributed by atoms with Crippen molar-refractivity contribution < 1.29 is 19.1 Å². The van der Waals surface area contributed by atoms with Gasteiger partial charge >= 0.3 is 0 Å². The number of ether oxygens (including phenoxy) is 2. The molecular weight excluding hydrogens is 414 g/mol. The van der Waals surface area contributed by atoms with Crippen molar-refractivity contribution in [1.82, 2.24) is 15.8 Å². The van der Waals surface area contributed by atoms with Gasteiger partial charge in [0, 0.05) is 10.9 Å². The lowest BCUT2D eigenvalue weighted by Gasteiger charge is -2.13. The Morgan fingerprint density at radius 1 is 0.871 bits per heavy atom. The molecule has 2 amide bonds. The minimum atomic E-state index is -0.440. The molecule has 0 aliphatic heterocycles. The van der Waals surface area contributed by atoms with E-state index in [-0.39, 0.29) is 5.91 Å². The van der Waals surface area contributed by atoms with Gasteiger partial charge in [-0.1, -0.05) is 24.3 Å². The first-order chi connectivity index (χ1) is 15.1. The Hall–Kier alpha value is -3.91. The zero-order chi connectivity index (χ0) is 21.8. The molecule has 4 rings (SSSR count). The van der Waals surface area contributed by atoms with Gasteiger partial charge in [0.1, 0.15) is 0 Å². The molecule has 0 fully saturated rings. The first-order valence-corrected chi connectivity index (χ1v) is 10.2. The van der Waals surface area contributed by atoms with Crippen LogP contribution < -0.4 is 20.3 Å². The van der Waals surface area contributed by atoms with Crippen LogP contribution in [0.25, 0.3) is 22.2 Å². The van der Waals surface area contributed by atoms with Gasteiger partial charge in [-0.2, -0.15) is 0 Å². The SMILES string of the molecule is COc1ccc(-c2cc(C(=O)NNC(=O)c3cccs3)c3ccccc3n2)cc1OC. The summed E-state index contributed by atoms with van der Waals surface area (Å²) in [4.78, 5) is 30.3. The average Bonchev–Trinajstić information content (AvgIpc) is 3.36. The summed E-state index contributed by atoms with van der Waals surface area (Å²) in [5, 5.41) is 2.47. The van der Waals surface area contributed by atoms with Crippen molar-refractivity contribution in [2.75, 3.05) is 14.2 Å². The van der Waals surface area contributed by atoms with Crippen LogP contribution in [0.2, 0.25) is 0 Å². The number of carbonyl (C=O) groups is 2. The fourth-order valence-corrected chi connectivity index (χ4v) is 3.78. The van der Waals surface area contributed by atoms with Crippen LogP contribution >= 0.6 is 11.3 Å². The number of hydrogen-bond acceptors (Lipinski definition) is 6. The number of nitrogens with one attached hydrogen (secondary N) is 2. The highest BCUT2D eigenvalue weighted by Crippen LogP contribution is 2.33. The molecule has 0 saturated carbocycles. The number of fused-ring (bicyclic) bond motifs is 1. The predicted molar refractivity (Wildman–Crippen MR) is 120 cm³/mol. The molecule has 0 bridgehead atoms. The fraction of sp³-hybridized carbons (Fsp3) is 0.0870. The first-order valence-electron chi connectivity index (χ1n) is 9.37.